The Bertz CT molecular complexity index is 2200. The second kappa shape index (κ2) is 15.2. The molecule has 14 heteroatoms. The zero-order chi connectivity index (χ0) is 38.3. The highest BCUT2D eigenvalue weighted by atomic mass is 16.5. The van der Waals surface area contributed by atoms with Gasteiger partial charge in [0.05, 0.1) is 18.9 Å². The maximum Gasteiger partial charge on any atom is 0.407 e. The zero-order valence-corrected chi connectivity index (χ0v) is 31.7. The second-order valence-corrected chi connectivity index (χ2v) is 16.0. The molecule has 0 spiro atoms. The van der Waals surface area contributed by atoms with Gasteiger partial charge in [0.2, 0.25) is 5.78 Å². The molecule has 4 N–H and O–H groups in total. The fraction of sp³-hybridized carbons (Fsp3) is 0.463. The van der Waals surface area contributed by atoms with Crippen molar-refractivity contribution in [1.82, 2.24) is 24.8 Å². The third kappa shape index (κ3) is 7.84. The Hall–Kier alpha value is -5.18. The molecule has 3 aliphatic rings. The summed E-state index contributed by atoms with van der Waals surface area (Å²) in [7, 11) is 0. The van der Waals surface area contributed by atoms with E-state index in [4.69, 9.17) is 13.7 Å². The lowest BCUT2D eigenvalue weighted by atomic mass is 9.87. The van der Waals surface area contributed by atoms with Crippen molar-refractivity contribution in [3.8, 4) is 0 Å². The van der Waals surface area contributed by atoms with Gasteiger partial charge in [0, 0.05) is 78.3 Å². The number of furan rings is 1. The molecule has 0 aliphatic carbocycles. The van der Waals surface area contributed by atoms with Crippen LogP contribution in [-0.2, 0) is 16.7 Å². The monoisotopic (exact) mass is 751 g/mol. The number of anilines is 2. The molecular formula is C41H49N7O7. The predicted octanol–water partition coefficient (Wildman–Crippen LogP) is 7.58. The SMILES string of the molecule is CC(C)(C)c1cc(NC(=O)Nc2ccc3oc(C(=O)c4cc5c(CN6CCOCC6)c(C6CCCCN6C6CCN(C(=O)O)CC6)ccc5[nH]4)cc3c2)no1. The van der Waals surface area contributed by atoms with Gasteiger partial charge in [-0.1, -0.05) is 38.4 Å². The van der Waals surface area contributed by atoms with E-state index in [1.807, 2.05) is 26.8 Å². The highest BCUT2D eigenvalue weighted by Crippen LogP contribution is 2.40. The number of piperidine rings is 2. The molecule has 3 amide bonds. The average Bonchev–Trinajstić information content (AvgIpc) is 3.94. The minimum absolute atomic E-state index is 0.196. The Balaban J connectivity index is 1.05. The first-order chi connectivity index (χ1) is 26.5. The van der Waals surface area contributed by atoms with Crippen LogP contribution in [0.5, 0.6) is 0 Å². The summed E-state index contributed by atoms with van der Waals surface area (Å²) < 4.78 is 17.1. The van der Waals surface area contributed by atoms with Crippen LogP contribution < -0.4 is 10.6 Å². The maximum atomic E-state index is 14.0. The zero-order valence-electron chi connectivity index (χ0n) is 31.7. The number of nitrogens with zero attached hydrogens (tertiary/aromatic N) is 4. The predicted molar refractivity (Wildman–Crippen MR) is 208 cm³/mol. The van der Waals surface area contributed by atoms with E-state index < -0.39 is 12.1 Å². The molecule has 55 heavy (non-hydrogen) atoms. The lowest BCUT2D eigenvalue weighted by Gasteiger charge is -2.45. The van der Waals surface area contributed by atoms with E-state index in [1.165, 1.54) is 16.0 Å². The number of aromatic amines is 1. The Morgan fingerprint density at radius 3 is 2.47 bits per heavy atom. The Morgan fingerprint density at radius 1 is 0.927 bits per heavy atom. The number of H-pyrrole nitrogens is 1. The largest absolute Gasteiger partial charge is 0.465 e. The number of carbonyl (C=O) groups is 3. The van der Waals surface area contributed by atoms with Gasteiger partial charge in [-0.3, -0.25) is 19.9 Å². The van der Waals surface area contributed by atoms with E-state index in [1.54, 1.807) is 30.3 Å². The molecule has 0 saturated carbocycles. The Kier molecular flexibility index (Phi) is 10.1. The average molecular weight is 752 g/mol. The molecule has 3 aromatic heterocycles. The third-order valence-corrected chi connectivity index (χ3v) is 11.3. The van der Waals surface area contributed by atoms with Gasteiger partial charge in [-0.25, -0.2) is 9.59 Å². The summed E-state index contributed by atoms with van der Waals surface area (Å²) in [5, 5.41) is 20.7. The summed E-state index contributed by atoms with van der Waals surface area (Å²) in [6, 6.07) is 15.0. The molecule has 8 rings (SSSR count). The molecule has 3 fully saturated rings. The van der Waals surface area contributed by atoms with E-state index in [-0.39, 0.29) is 23.0 Å². The van der Waals surface area contributed by atoms with Crippen molar-refractivity contribution in [1.29, 1.82) is 0 Å². The molecule has 5 aromatic rings. The van der Waals surface area contributed by atoms with E-state index in [9.17, 15) is 19.5 Å². The van der Waals surface area contributed by atoms with Crippen LogP contribution in [0.25, 0.3) is 21.9 Å². The van der Waals surface area contributed by atoms with Gasteiger partial charge in [0.1, 0.15) is 11.3 Å². The van der Waals surface area contributed by atoms with Crippen LogP contribution in [0.15, 0.2) is 57.5 Å². The number of morpholine rings is 1. The van der Waals surface area contributed by atoms with Crippen LogP contribution in [0.3, 0.4) is 0 Å². The summed E-state index contributed by atoms with van der Waals surface area (Å²) in [6.07, 6.45) is 4.12. The van der Waals surface area contributed by atoms with Crippen LogP contribution in [0, 0.1) is 0 Å². The van der Waals surface area contributed by atoms with E-state index in [0.29, 0.717) is 66.3 Å². The fourth-order valence-electron chi connectivity index (χ4n) is 8.32. The summed E-state index contributed by atoms with van der Waals surface area (Å²) in [4.78, 5) is 48.4. The molecule has 14 nitrogen and oxygen atoms in total. The summed E-state index contributed by atoms with van der Waals surface area (Å²) >= 11 is 0. The van der Waals surface area contributed by atoms with Crippen molar-refractivity contribution in [3.05, 3.63) is 76.9 Å². The minimum atomic E-state index is -0.840. The fourth-order valence-corrected chi connectivity index (χ4v) is 8.32. The number of benzene rings is 2. The van der Waals surface area contributed by atoms with Gasteiger partial charge in [-0.15, -0.1) is 0 Å². The highest BCUT2D eigenvalue weighted by Gasteiger charge is 2.35. The van der Waals surface area contributed by atoms with Gasteiger partial charge >= 0.3 is 12.1 Å². The number of carbonyl (C=O) groups excluding carboxylic acids is 2. The third-order valence-electron chi connectivity index (χ3n) is 11.3. The topological polar surface area (TPSA) is 169 Å². The number of aromatic nitrogens is 2. The Labute approximate surface area is 319 Å². The number of ether oxygens (including phenoxy) is 1. The first kappa shape index (κ1) is 36.8. The van der Waals surface area contributed by atoms with Gasteiger partial charge < -0.3 is 34.0 Å². The number of amides is 3. The number of carboxylic acid groups (broad SMARTS) is 1. The number of nitrogens with one attached hydrogen (secondary N) is 3. The summed E-state index contributed by atoms with van der Waals surface area (Å²) in [5.41, 5.74) is 4.64. The van der Waals surface area contributed by atoms with Crippen LogP contribution >= 0.6 is 0 Å². The molecule has 1 atom stereocenters. The maximum absolute atomic E-state index is 14.0. The lowest BCUT2D eigenvalue weighted by Crippen LogP contribution is -2.49. The standard InChI is InChI=1S/C41H49N7O7/c1-41(2,3)36-23-37(45-55-36)44-39(50)42-26-7-10-34-25(20-26)21-35(54-34)38(49)32-22-29-30(24-46-16-18-53-19-17-46)28(8-9-31(29)43-32)33-6-4-5-13-48(33)27-11-14-47(15-12-27)40(51)52/h7-10,20-23,27,33,43H,4-6,11-19,24H2,1-3H3,(H,51,52)(H2,42,44,45,50). The number of hydrogen-bond donors (Lipinski definition) is 4. The van der Waals surface area contributed by atoms with Gasteiger partial charge in [-0.05, 0) is 79.8 Å². The van der Waals surface area contributed by atoms with Crippen LogP contribution in [0.4, 0.5) is 21.1 Å². The van der Waals surface area contributed by atoms with Crippen molar-refractivity contribution < 1.29 is 33.2 Å². The van der Waals surface area contributed by atoms with E-state index in [0.717, 1.165) is 69.2 Å². The number of hydrogen-bond acceptors (Lipinski definition) is 9. The van der Waals surface area contributed by atoms with Crippen LogP contribution in [-0.4, -0.2) is 99.8 Å². The molecule has 0 radical (unpaired) electrons. The number of fused-ring (bicyclic) bond motifs is 2. The second-order valence-electron chi connectivity index (χ2n) is 16.0. The van der Waals surface area contributed by atoms with E-state index in [2.05, 4.69) is 42.7 Å². The van der Waals surface area contributed by atoms with Crippen LogP contribution in [0.2, 0.25) is 0 Å². The molecule has 1 unspecified atom stereocenters. The minimum Gasteiger partial charge on any atom is -0.465 e. The molecule has 290 valence electrons. The lowest BCUT2D eigenvalue weighted by molar-refractivity contribution is 0.0328. The first-order valence-electron chi connectivity index (χ1n) is 19.3. The molecule has 6 heterocycles. The molecule has 3 aliphatic heterocycles. The van der Waals surface area contributed by atoms with Crippen molar-refractivity contribution >= 4 is 51.3 Å². The molecule has 0 bridgehead atoms. The number of rotatable bonds is 8. The number of likely N-dealkylation sites (tertiary alicyclic amines) is 2. The quantitative estimate of drug-likeness (QED) is 0.116. The summed E-state index contributed by atoms with van der Waals surface area (Å²) in [6.45, 7) is 11.9. The first-order valence-corrected chi connectivity index (χ1v) is 19.3. The van der Waals surface area contributed by atoms with Crippen molar-refractivity contribution in [2.24, 2.45) is 0 Å². The highest BCUT2D eigenvalue weighted by molar-refractivity contribution is 6.10. The molecule has 2 aromatic carbocycles. The van der Waals surface area contributed by atoms with Gasteiger partial charge in [0.15, 0.2) is 11.6 Å². The van der Waals surface area contributed by atoms with Gasteiger partial charge in [-0.2, -0.15) is 0 Å². The number of ketones is 1. The normalized spacial score (nSPS) is 19.3. The Morgan fingerprint density at radius 2 is 1.73 bits per heavy atom. The van der Waals surface area contributed by atoms with Gasteiger partial charge in [0.25, 0.3) is 0 Å². The summed E-state index contributed by atoms with van der Waals surface area (Å²) in [5.74, 6) is 0.907. The molecule has 3 saturated heterocycles. The van der Waals surface area contributed by atoms with Crippen molar-refractivity contribution in [2.45, 2.75) is 76.9 Å². The smallest absolute Gasteiger partial charge is 0.407 e. The number of urea groups is 1. The van der Waals surface area contributed by atoms with Crippen molar-refractivity contribution in [2.75, 3.05) is 56.6 Å². The molecular weight excluding hydrogens is 702 g/mol. The van der Waals surface area contributed by atoms with Crippen molar-refractivity contribution in [3.63, 3.8) is 0 Å². The van der Waals surface area contributed by atoms with Crippen LogP contribution in [0.1, 0.15) is 92.1 Å². The van der Waals surface area contributed by atoms with E-state index >= 15 is 0 Å².